The van der Waals surface area contributed by atoms with Gasteiger partial charge in [-0.1, -0.05) is 0 Å². The lowest BCUT2D eigenvalue weighted by Crippen LogP contribution is -2.59. The topological polar surface area (TPSA) is 156 Å². The Labute approximate surface area is 182 Å². The number of hydrogen-bond acceptors (Lipinski definition) is 6. The van der Waals surface area contributed by atoms with Crippen molar-refractivity contribution in [3.63, 3.8) is 0 Å². The van der Waals surface area contributed by atoms with Crippen LogP contribution < -0.4 is 21.7 Å². The summed E-state index contributed by atoms with van der Waals surface area (Å²) in [7, 11) is -3.65. The van der Waals surface area contributed by atoms with E-state index in [1.807, 2.05) is 0 Å². The SMILES string of the molecule is Cc1cc(N2C(=O)NC(=O)C2(C)C)cc(C)c1CS(=O)(=O)N1CCC(N)(C(N)=O)CC1. The first-order valence-corrected chi connectivity index (χ1v) is 11.6. The van der Waals surface area contributed by atoms with Gasteiger partial charge in [0.25, 0.3) is 5.91 Å². The van der Waals surface area contributed by atoms with Gasteiger partial charge in [0.2, 0.25) is 15.9 Å². The third-order valence-corrected chi connectivity index (χ3v) is 8.11. The molecule has 0 saturated carbocycles. The quantitative estimate of drug-likeness (QED) is 0.545. The van der Waals surface area contributed by atoms with Crippen LogP contribution in [0.4, 0.5) is 10.5 Å². The van der Waals surface area contributed by atoms with Crippen molar-refractivity contribution in [1.29, 1.82) is 0 Å². The Morgan fingerprint density at radius 3 is 2.06 bits per heavy atom. The van der Waals surface area contributed by atoms with Crippen LogP contribution in [-0.2, 0) is 25.4 Å². The van der Waals surface area contributed by atoms with Crippen molar-refractivity contribution < 1.29 is 22.8 Å². The van der Waals surface area contributed by atoms with Gasteiger partial charge in [0.15, 0.2) is 0 Å². The maximum absolute atomic E-state index is 13.0. The average Bonchev–Trinajstić information content (AvgIpc) is 2.85. The van der Waals surface area contributed by atoms with E-state index in [0.717, 1.165) is 0 Å². The van der Waals surface area contributed by atoms with Gasteiger partial charge in [-0.05, 0) is 69.4 Å². The van der Waals surface area contributed by atoms with Crippen LogP contribution in [0.15, 0.2) is 12.1 Å². The summed E-state index contributed by atoms with van der Waals surface area (Å²) in [6.07, 6.45) is 0.345. The maximum atomic E-state index is 13.0. The third kappa shape index (κ3) is 4.04. The van der Waals surface area contributed by atoms with E-state index in [1.54, 1.807) is 39.8 Å². The number of imide groups is 1. The van der Waals surface area contributed by atoms with Gasteiger partial charge in [-0.25, -0.2) is 17.5 Å². The Balaban J connectivity index is 1.84. The molecule has 2 saturated heterocycles. The van der Waals surface area contributed by atoms with Crippen LogP contribution in [-0.4, -0.2) is 54.7 Å². The number of primary amides is 1. The number of benzene rings is 1. The molecule has 31 heavy (non-hydrogen) atoms. The molecule has 0 aromatic heterocycles. The minimum atomic E-state index is -3.65. The number of sulfonamides is 1. The predicted molar refractivity (Wildman–Crippen MR) is 116 cm³/mol. The molecule has 0 spiro atoms. The molecule has 0 radical (unpaired) electrons. The molecule has 2 fully saturated rings. The Hall–Kier alpha value is -2.50. The number of carbonyl (C=O) groups excluding carboxylic acids is 3. The number of aryl methyl sites for hydroxylation is 2. The van der Waals surface area contributed by atoms with Crippen molar-refractivity contribution in [1.82, 2.24) is 9.62 Å². The van der Waals surface area contributed by atoms with Gasteiger partial charge in [-0.2, -0.15) is 0 Å². The summed E-state index contributed by atoms with van der Waals surface area (Å²) in [5.41, 5.74) is 11.6. The fourth-order valence-electron chi connectivity index (χ4n) is 4.11. The summed E-state index contributed by atoms with van der Waals surface area (Å²) in [6, 6.07) is 2.92. The number of anilines is 1. The molecule has 2 heterocycles. The summed E-state index contributed by atoms with van der Waals surface area (Å²) in [5, 5.41) is 2.31. The highest BCUT2D eigenvalue weighted by atomic mass is 32.2. The third-order valence-electron chi connectivity index (χ3n) is 6.30. The second-order valence-electron chi connectivity index (χ2n) is 8.89. The minimum Gasteiger partial charge on any atom is -0.368 e. The number of amides is 4. The molecule has 2 aliphatic heterocycles. The van der Waals surface area contributed by atoms with Crippen LogP contribution in [0, 0.1) is 13.8 Å². The average molecular weight is 452 g/mol. The zero-order valence-electron chi connectivity index (χ0n) is 18.2. The van der Waals surface area contributed by atoms with Crippen LogP contribution in [0.2, 0.25) is 0 Å². The standard InChI is InChI=1S/C20H29N5O5S/c1-12-9-14(25-18(28)23-17(27)19(25,3)4)10-13(2)15(12)11-31(29,30)24-7-5-20(22,6-8-24)16(21)26/h9-10H,5-8,11,22H2,1-4H3,(H2,21,26)(H,23,27,28). The van der Waals surface area contributed by atoms with E-state index in [4.69, 9.17) is 11.5 Å². The Morgan fingerprint density at radius 2 is 1.65 bits per heavy atom. The van der Waals surface area contributed by atoms with Gasteiger partial charge in [-0.15, -0.1) is 0 Å². The van der Waals surface area contributed by atoms with Crippen molar-refractivity contribution in [3.8, 4) is 0 Å². The van der Waals surface area contributed by atoms with E-state index in [-0.39, 0.29) is 31.7 Å². The molecule has 0 aliphatic carbocycles. The smallest absolute Gasteiger partial charge is 0.329 e. The number of rotatable bonds is 5. The molecule has 1 aromatic carbocycles. The van der Waals surface area contributed by atoms with Crippen LogP contribution in [0.25, 0.3) is 0 Å². The molecule has 0 bridgehead atoms. The van der Waals surface area contributed by atoms with E-state index >= 15 is 0 Å². The minimum absolute atomic E-state index is 0.127. The zero-order chi connectivity index (χ0) is 23.4. The monoisotopic (exact) mass is 451 g/mol. The van der Waals surface area contributed by atoms with E-state index < -0.39 is 38.9 Å². The first kappa shape index (κ1) is 23.2. The fourth-order valence-corrected chi connectivity index (χ4v) is 5.85. The van der Waals surface area contributed by atoms with Gasteiger partial charge >= 0.3 is 6.03 Å². The van der Waals surface area contributed by atoms with Crippen molar-refractivity contribution >= 4 is 33.6 Å². The summed E-state index contributed by atoms with van der Waals surface area (Å²) in [6.45, 7) is 7.10. The number of carbonyl (C=O) groups is 3. The number of urea groups is 1. The van der Waals surface area contributed by atoms with Crippen LogP contribution in [0.3, 0.4) is 0 Å². The molecular formula is C20H29N5O5S. The van der Waals surface area contributed by atoms with Crippen molar-refractivity contribution in [2.24, 2.45) is 11.5 Å². The second-order valence-corrected chi connectivity index (χ2v) is 10.9. The molecule has 4 amide bonds. The van der Waals surface area contributed by atoms with Crippen LogP contribution >= 0.6 is 0 Å². The largest absolute Gasteiger partial charge is 0.368 e. The first-order chi connectivity index (χ1) is 14.2. The summed E-state index contributed by atoms with van der Waals surface area (Å²) >= 11 is 0. The second kappa shape index (κ2) is 7.57. The van der Waals surface area contributed by atoms with E-state index in [9.17, 15) is 22.8 Å². The summed E-state index contributed by atoms with van der Waals surface area (Å²) < 4.78 is 27.4. The molecule has 0 unspecified atom stereocenters. The number of hydrogen-bond donors (Lipinski definition) is 3. The summed E-state index contributed by atoms with van der Waals surface area (Å²) in [5.74, 6) is -1.23. The fraction of sp³-hybridized carbons (Fsp3) is 0.550. The zero-order valence-corrected chi connectivity index (χ0v) is 19.0. The van der Waals surface area contributed by atoms with Gasteiger partial charge in [-0.3, -0.25) is 19.8 Å². The Bertz CT molecular complexity index is 1030. The molecule has 11 heteroatoms. The number of nitrogens with two attached hydrogens (primary N) is 2. The van der Waals surface area contributed by atoms with E-state index in [2.05, 4.69) is 5.32 Å². The van der Waals surface area contributed by atoms with Crippen molar-refractivity contribution in [2.75, 3.05) is 18.0 Å². The first-order valence-electron chi connectivity index (χ1n) is 10.0. The highest BCUT2D eigenvalue weighted by Crippen LogP contribution is 2.33. The van der Waals surface area contributed by atoms with Crippen LogP contribution in [0.5, 0.6) is 0 Å². The Morgan fingerprint density at radius 1 is 1.13 bits per heavy atom. The molecule has 170 valence electrons. The summed E-state index contributed by atoms with van der Waals surface area (Å²) in [4.78, 5) is 37.3. The van der Waals surface area contributed by atoms with Crippen molar-refractivity contribution in [2.45, 2.75) is 57.4 Å². The maximum Gasteiger partial charge on any atom is 0.329 e. The lowest BCUT2D eigenvalue weighted by Gasteiger charge is -2.36. The lowest BCUT2D eigenvalue weighted by atomic mass is 9.89. The molecule has 1 aromatic rings. The predicted octanol–water partition coefficient (Wildman–Crippen LogP) is 0.247. The highest BCUT2D eigenvalue weighted by molar-refractivity contribution is 7.88. The normalized spacial score (nSPS) is 21.3. The van der Waals surface area contributed by atoms with Gasteiger partial charge in [0.1, 0.15) is 5.54 Å². The van der Waals surface area contributed by atoms with Gasteiger partial charge in [0, 0.05) is 18.8 Å². The van der Waals surface area contributed by atoms with Gasteiger partial charge < -0.3 is 11.5 Å². The van der Waals surface area contributed by atoms with Crippen LogP contribution in [0.1, 0.15) is 43.4 Å². The molecule has 0 atom stereocenters. The number of piperidine rings is 1. The molecule has 3 rings (SSSR count). The Kier molecular flexibility index (Phi) is 5.66. The van der Waals surface area contributed by atoms with Crippen molar-refractivity contribution in [3.05, 3.63) is 28.8 Å². The molecule has 5 N–H and O–H groups in total. The number of nitrogens with zero attached hydrogens (tertiary/aromatic N) is 2. The lowest BCUT2D eigenvalue weighted by molar-refractivity contribution is -0.124. The van der Waals surface area contributed by atoms with Gasteiger partial charge in [0.05, 0.1) is 11.3 Å². The number of nitrogens with one attached hydrogen (secondary N) is 1. The molecular weight excluding hydrogens is 422 g/mol. The van der Waals surface area contributed by atoms with E-state index in [0.29, 0.717) is 22.4 Å². The highest BCUT2D eigenvalue weighted by Gasteiger charge is 2.46. The molecule has 10 nitrogen and oxygen atoms in total. The van der Waals surface area contributed by atoms with E-state index in [1.165, 1.54) is 9.21 Å². The molecule has 2 aliphatic rings.